The molecule has 0 unspecified atom stereocenters. The zero-order chi connectivity index (χ0) is 11.8. The Balaban J connectivity index is 2.08. The van der Waals surface area contributed by atoms with Crippen molar-refractivity contribution in [3.05, 3.63) is 36.0 Å². The lowest BCUT2D eigenvalue weighted by molar-refractivity contribution is 0.0950. The third-order valence-electron chi connectivity index (χ3n) is 3.92. The number of nitrogens with zero attached hydrogens (tertiary/aromatic N) is 1. The first-order chi connectivity index (χ1) is 8.33. The van der Waals surface area contributed by atoms with Crippen LogP contribution in [0.4, 0.5) is 0 Å². The molecule has 1 aromatic heterocycles. The summed E-state index contributed by atoms with van der Waals surface area (Å²) < 4.78 is 2.28. The van der Waals surface area contributed by atoms with Gasteiger partial charge in [-0.3, -0.25) is 0 Å². The minimum Gasteiger partial charge on any atom is -0.396 e. The van der Waals surface area contributed by atoms with Crippen molar-refractivity contribution in [1.29, 1.82) is 0 Å². The molecule has 3 rings (SSSR count). The highest BCUT2D eigenvalue weighted by Crippen LogP contribution is 2.30. The van der Waals surface area contributed by atoms with Gasteiger partial charge in [0.25, 0.3) is 0 Å². The van der Waals surface area contributed by atoms with Crippen molar-refractivity contribution < 1.29 is 10.2 Å². The quantitative estimate of drug-likeness (QED) is 0.821. The number of rotatable bonds is 2. The molecule has 17 heavy (non-hydrogen) atoms. The molecular formula is C14H17NO2. The maximum Gasteiger partial charge on any atom is 0.0482 e. The van der Waals surface area contributed by atoms with Gasteiger partial charge in [0.1, 0.15) is 0 Å². The van der Waals surface area contributed by atoms with Crippen LogP contribution in [0.3, 0.4) is 0 Å². The Morgan fingerprint density at radius 3 is 2.65 bits per heavy atom. The van der Waals surface area contributed by atoms with E-state index in [0.717, 1.165) is 13.0 Å². The Morgan fingerprint density at radius 1 is 1.12 bits per heavy atom. The second-order valence-corrected chi connectivity index (χ2v) is 4.89. The summed E-state index contributed by atoms with van der Waals surface area (Å²) in [6.45, 7) is 1.12. The van der Waals surface area contributed by atoms with E-state index >= 15 is 0 Å². The Morgan fingerprint density at radius 2 is 1.88 bits per heavy atom. The number of hydrogen-bond donors (Lipinski definition) is 2. The largest absolute Gasteiger partial charge is 0.396 e. The lowest BCUT2D eigenvalue weighted by Crippen LogP contribution is -2.33. The van der Waals surface area contributed by atoms with Gasteiger partial charge in [-0.1, -0.05) is 18.2 Å². The van der Waals surface area contributed by atoms with Crippen molar-refractivity contribution >= 4 is 10.9 Å². The summed E-state index contributed by atoms with van der Waals surface area (Å²) in [7, 11) is 0. The molecule has 2 atom stereocenters. The maximum absolute atomic E-state index is 9.40. The Bertz CT molecular complexity index is 532. The Hall–Kier alpha value is -1.32. The van der Waals surface area contributed by atoms with Gasteiger partial charge in [-0.05, 0) is 29.9 Å². The number of para-hydroxylation sites is 1. The molecule has 0 aliphatic carbocycles. The Labute approximate surface area is 100 Å². The summed E-state index contributed by atoms with van der Waals surface area (Å²) in [5.41, 5.74) is 2.51. The van der Waals surface area contributed by atoms with Crippen LogP contribution < -0.4 is 0 Å². The summed E-state index contributed by atoms with van der Waals surface area (Å²) in [5, 5.41) is 20.0. The molecule has 2 N–H and O–H groups in total. The first-order valence-corrected chi connectivity index (χ1v) is 6.12. The van der Waals surface area contributed by atoms with E-state index in [0.29, 0.717) is 0 Å². The zero-order valence-corrected chi connectivity index (χ0v) is 9.71. The summed E-state index contributed by atoms with van der Waals surface area (Å²) in [6.07, 6.45) is 0.858. The van der Waals surface area contributed by atoms with Gasteiger partial charge < -0.3 is 14.8 Å². The van der Waals surface area contributed by atoms with Crippen LogP contribution in [0.15, 0.2) is 30.3 Å². The highest BCUT2D eigenvalue weighted by molar-refractivity contribution is 5.81. The molecule has 1 aliphatic rings. The van der Waals surface area contributed by atoms with Gasteiger partial charge in [0.2, 0.25) is 0 Å². The monoisotopic (exact) mass is 231 g/mol. The van der Waals surface area contributed by atoms with E-state index in [1.165, 1.54) is 16.6 Å². The normalized spacial score (nSPS) is 23.9. The first kappa shape index (κ1) is 10.8. The first-order valence-electron chi connectivity index (χ1n) is 6.12. The number of fused-ring (bicyclic) bond motifs is 3. The maximum atomic E-state index is 9.40. The number of aliphatic hydroxyl groups is 2. The van der Waals surface area contributed by atoms with Crippen LogP contribution in [0.25, 0.3) is 10.9 Å². The van der Waals surface area contributed by atoms with Crippen LogP contribution in [-0.2, 0) is 13.0 Å². The smallest absolute Gasteiger partial charge is 0.0482 e. The molecule has 1 aromatic carbocycles. The highest BCUT2D eigenvalue weighted by Gasteiger charge is 2.28. The van der Waals surface area contributed by atoms with Crippen LogP contribution >= 0.6 is 0 Å². The van der Waals surface area contributed by atoms with E-state index in [-0.39, 0.29) is 25.0 Å². The van der Waals surface area contributed by atoms with E-state index in [1.54, 1.807) is 0 Å². The van der Waals surface area contributed by atoms with Gasteiger partial charge in [-0.2, -0.15) is 0 Å². The van der Waals surface area contributed by atoms with Gasteiger partial charge in [0, 0.05) is 36.9 Å². The minimum atomic E-state index is 0.150. The lowest BCUT2D eigenvalue weighted by atomic mass is 9.86. The minimum absolute atomic E-state index is 0.150. The van der Waals surface area contributed by atoms with Gasteiger partial charge in [0.05, 0.1) is 0 Å². The van der Waals surface area contributed by atoms with E-state index in [1.807, 2.05) is 12.1 Å². The lowest BCUT2D eigenvalue weighted by Gasteiger charge is -2.31. The molecule has 2 aromatic rings. The molecule has 0 spiro atoms. The molecular weight excluding hydrogens is 214 g/mol. The van der Waals surface area contributed by atoms with Crippen molar-refractivity contribution in [2.45, 2.75) is 13.0 Å². The summed E-state index contributed by atoms with van der Waals surface area (Å²) in [6, 6.07) is 10.5. The number of aliphatic hydroxyl groups excluding tert-OH is 2. The van der Waals surface area contributed by atoms with Crippen molar-refractivity contribution in [3.8, 4) is 0 Å². The van der Waals surface area contributed by atoms with Crippen molar-refractivity contribution in [3.63, 3.8) is 0 Å². The van der Waals surface area contributed by atoms with Crippen molar-refractivity contribution in [2.24, 2.45) is 11.8 Å². The van der Waals surface area contributed by atoms with Gasteiger partial charge in [0.15, 0.2) is 0 Å². The molecule has 0 saturated heterocycles. The third-order valence-corrected chi connectivity index (χ3v) is 3.92. The fourth-order valence-corrected chi connectivity index (χ4v) is 2.89. The van der Waals surface area contributed by atoms with Crippen LogP contribution in [-0.4, -0.2) is 28.0 Å². The van der Waals surface area contributed by atoms with Gasteiger partial charge in [-0.15, -0.1) is 0 Å². The standard InChI is InChI=1S/C14H17NO2/c16-8-11-6-13-5-10-3-1-2-4-14(10)15(13)7-12(11)9-17/h1-5,11-12,16-17H,6-9H2/t11-,12-/m0/s1. The predicted octanol–water partition coefficient (Wildman–Crippen LogP) is 1.41. The molecule has 0 bridgehead atoms. The van der Waals surface area contributed by atoms with Gasteiger partial charge in [-0.25, -0.2) is 0 Å². The second-order valence-electron chi connectivity index (χ2n) is 4.89. The molecule has 3 heteroatoms. The average molecular weight is 231 g/mol. The molecule has 2 heterocycles. The van der Waals surface area contributed by atoms with Crippen molar-refractivity contribution in [2.75, 3.05) is 13.2 Å². The number of benzene rings is 1. The number of hydrogen-bond acceptors (Lipinski definition) is 2. The van der Waals surface area contributed by atoms with E-state index < -0.39 is 0 Å². The fraction of sp³-hybridized carbons (Fsp3) is 0.429. The molecule has 0 fully saturated rings. The summed E-state index contributed by atoms with van der Waals surface area (Å²) >= 11 is 0. The van der Waals surface area contributed by atoms with Crippen LogP contribution in [0.1, 0.15) is 5.69 Å². The molecule has 1 aliphatic heterocycles. The van der Waals surface area contributed by atoms with Gasteiger partial charge >= 0.3 is 0 Å². The third kappa shape index (κ3) is 1.66. The Kier molecular flexibility index (Phi) is 2.65. The SMILES string of the molecule is OC[C@@H]1Cc2cc3ccccc3n2C[C@H]1CO. The molecule has 90 valence electrons. The molecule has 0 saturated carbocycles. The van der Waals surface area contributed by atoms with Crippen molar-refractivity contribution in [1.82, 2.24) is 4.57 Å². The van der Waals surface area contributed by atoms with E-state index in [2.05, 4.69) is 22.8 Å². The predicted molar refractivity (Wildman–Crippen MR) is 66.8 cm³/mol. The average Bonchev–Trinajstić information content (AvgIpc) is 2.74. The summed E-state index contributed by atoms with van der Waals surface area (Å²) in [4.78, 5) is 0. The van der Waals surface area contributed by atoms with Crippen LogP contribution in [0.2, 0.25) is 0 Å². The number of aromatic nitrogens is 1. The highest BCUT2D eigenvalue weighted by atomic mass is 16.3. The van der Waals surface area contributed by atoms with E-state index in [4.69, 9.17) is 0 Å². The topological polar surface area (TPSA) is 45.4 Å². The molecule has 0 radical (unpaired) electrons. The fourth-order valence-electron chi connectivity index (χ4n) is 2.89. The molecule has 3 nitrogen and oxygen atoms in total. The van der Waals surface area contributed by atoms with Crippen LogP contribution in [0, 0.1) is 11.8 Å². The molecule has 0 amide bonds. The zero-order valence-electron chi connectivity index (χ0n) is 9.71. The summed E-state index contributed by atoms with van der Waals surface area (Å²) in [5.74, 6) is 0.361. The van der Waals surface area contributed by atoms with Crippen LogP contribution in [0.5, 0.6) is 0 Å². The van der Waals surface area contributed by atoms with E-state index in [9.17, 15) is 10.2 Å². The second kappa shape index (κ2) is 4.17.